The summed E-state index contributed by atoms with van der Waals surface area (Å²) in [6.45, 7) is 2.06. The molecule has 1 saturated carbocycles. The van der Waals surface area contributed by atoms with Gasteiger partial charge in [-0.3, -0.25) is 10.1 Å². The zero-order chi connectivity index (χ0) is 12.5. The predicted octanol–water partition coefficient (Wildman–Crippen LogP) is 3.48. The summed E-state index contributed by atoms with van der Waals surface area (Å²) in [5.41, 5.74) is 0.186. The van der Waals surface area contributed by atoms with Crippen molar-refractivity contribution in [3.05, 3.63) is 34.1 Å². The van der Waals surface area contributed by atoms with Gasteiger partial charge in [-0.2, -0.15) is 0 Å². The minimum Gasteiger partial charge on any atom is -0.374 e. The van der Waals surface area contributed by atoms with Crippen LogP contribution in [0.3, 0.4) is 0 Å². The van der Waals surface area contributed by atoms with Gasteiger partial charge >= 0.3 is 0 Å². The summed E-state index contributed by atoms with van der Waals surface area (Å²) in [5.74, 6) is -0.582. The van der Waals surface area contributed by atoms with E-state index in [1.165, 1.54) is 12.1 Å². The van der Waals surface area contributed by atoms with Gasteiger partial charge in [0.15, 0.2) is 0 Å². The third-order valence-electron chi connectivity index (χ3n) is 3.54. The SMILES string of the molecule is CCC1(Nc2ccc(F)cc2[N+](=O)[O-])CCC1. The molecule has 0 aliphatic heterocycles. The van der Waals surface area contributed by atoms with Crippen LogP contribution in [0, 0.1) is 15.9 Å². The van der Waals surface area contributed by atoms with Crippen LogP contribution in [0.1, 0.15) is 32.6 Å². The molecular formula is C12H15FN2O2. The van der Waals surface area contributed by atoms with Crippen LogP contribution in [-0.2, 0) is 0 Å². The smallest absolute Gasteiger partial charge is 0.295 e. The van der Waals surface area contributed by atoms with E-state index in [1.807, 2.05) is 0 Å². The molecule has 5 heteroatoms. The molecule has 0 spiro atoms. The van der Waals surface area contributed by atoms with Crippen molar-refractivity contribution in [3.8, 4) is 0 Å². The van der Waals surface area contributed by atoms with Gasteiger partial charge in [0.05, 0.1) is 11.0 Å². The van der Waals surface area contributed by atoms with Crippen molar-refractivity contribution in [2.45, 2.75) is 38.1 Å². The van der Waals surface area contributed by atoms with E-state index in [4.69, 9.17) is 0 Å². The number of nitrogens with zero attached hydrogens (tertiary/aromatic N) is 1. The lowest BCUT2D eigenvalue weighted by atomic mass is 9.74. The molecule has 1 aromatic rings. The summed E-state index contributed by atoms with van der Waals surface area (Å²) in [6.07, 6.45) is 4.08. The number of nitro groups is 1. The summed E-state index contributed by atoms with van der Waals surface area (Å²) in [6, 6.07) is 3.66. The number of anilines is 1. The maximum atomic E-state index is 13.0. The highest BCUT2D eigenvalue weighted by atomic mass is 19.1. The monoisotopic (exact) mass is 238 g/mol. The van der Waals surface area contributed by atoms with Gasteiger partial charge in [-0.05, 0) is 37.8 Å². The highest BCUT2D eigenvalue weighted by Crippen LogP contribution is 2.40. The van der Waals surface area contributed by atoms with E-state index in [2.05, 4.69) is 12.2 Å². The van der Waals surface area contributed by atoms with Crippen LogP contribution in [0.15, 0.2) is 18.2 Å². The van der Waals surface area contributed by atoms with Crippen molar-refractivity contribution in [2.75, 3.05) is 5.32 Å². The number of benzene rings is 1. The Balaban J connectivity index is 2.29. The molecule has 0 aromatic heterocycles. The second kappa shape index (κ2) is 4.31. The molecule has 4 nitrogen and oxygen atoms in total. The quantitative estimate of drug-likeness (QED) is 0.645. The molecule has 1 fully saturated rings. The number of hydrogen-bond acceptors (Lipinski definition) is 3. The fourth-order valence-corrected chi connectivity index (χ4v) is 2.22. The first-order valence-electron chi connectivity index (χ1n) is 5.78. The van der Waals surface area contributed by atoms with Crippen LogP contribution in [0.5, 0.6) is 0 Å². The summed E-state index contributed by atoms with van der Waals surface area (Å²) >= 11 is 0. The van der Waals surface area contributed by atoms with Crippen molar-refractivity contribution in [3.63, 3.8) is 0 Å². The molecule has 2 rings (SSSR count). The van der Waals surface area contributed by atoms with Crippen LogP contribution in [0.2, 0.25) is 0 Å². The Morgan fingerprint density at radius 1 is 1.53 bits per heavy atom. The molecular weight excluding hydrogens is 223 g/mol. The molecule has 92 valence electrons. The molecule has 1 N–H and O–H groups in total. The summed E-state index contributed by atoms with van der Waals surface area (Å²) < 4.78 is 13.0. The second-order valence-electron chi connectivity index (χ2n) is 4.53. The molecule has 1 aliphatic carbocycles. The first kappa shape index (κ1) is 11.8. The van der Waals surface area contributed by atoms with E-state index in [0.717, 1.165) is 31.7 Å². The maximum Gasteiger partial charge on any atom is 0.295 e. The molecule has 0 heterocycles. The number of nitrogens with one attached hydrogen (secondary N) is 1. The highest BCUT2D eigenvalue weighted by Gasteiger charge is 2.36. The Morgan fingerprint density at radius 3 is 2.71 bits per heavy atom. The molecule has 0 saturated heterocycles. The van der Waals surface area contributed by atoms with Crippen molar-refractivity contribution in [1.29, 1.82) is 0 Å². The van der Waals surface area contributed by atoms with Crippen molar-refractivity contribution >= 4 is 11.4 Å². The molecule has 0 amide bonds. The van der Waals surface area contributed by atoms with Crippen LogP contribution < -0.4 is 5.32 Å². The lowest BCUT2D eigenvalue weighted by Crippen LogP contribution is -2.44. The van der Waals surface area contributed by atoms with E-state index in [9.17, 15) is 14.5 Å². The highest BCUT2D eigenvalue weighted by molar-refractivity contribution is 5.62. The van der Waals surface area contributed by atoms with Crippen molar-refractivity contribution < 1.29 is 9.31 Å². The molecule has 0 atom stereocenters. The van der Waals surface area contributed by atoms with Gasteiger partial charge in [0.1, 0.15) is 11.5 Å². The average molecular weight is 238 g/mol. The Labute approximate surface area is 99.0 Å². The van der Waals surface area contributed by atoms with Gasteiger partial charge in [0.2, 0.25) is 0 Å². The van der Waals surface area contributed by atoms with Gasteiger partial charge in [-0.1, -0.05) is 6.92 Å². The summed E-state index contributed by atoms with van der Waals surface area (Å²) in [4.78, 5) is 10.3. The molecule has 1 aliphatic rings. The zero-order valence-electron chi connectivity index (χ0n) is 9.70. The number of nitro benzene ring substituents is 1. The third-order valence-corrected chi connectivity index (χ3v) is 3.54. The first-order chi connectivity index (χ1) is 8.06. The Morgan fingerprint density at radius 2 is 2.24 bits per heavy atom. The number of hydrogen-bond donors (Lipinski definition) is 1. The average Bonchev–Trinajstić information content (AvgIpc) is 2.25. The lowest BCUT2D eigenvalue weighted by Gasteiger charge is -2.42. The van der Waals surface area contributed by atoms with Gasteiger partial charge in [0, 0.05) is 5.54 Å². The predicted molar refractivity (Wildman–Crippen MR) is 63.6 cm³/mol. The van der Waals surface area contributed by atoms with Gasteiger partial charge in [-0.25, -0.2) is 4.39 Å². The molecule has 0 unspecified atom stereocenters. The minimum absolute atomic E-state index is 0.0391. The van der Waals surface area contributed by atoms with Gasteiger partial charge in [-0.15, -0.1) is 0 Å². The standard InChI is InChI=1S/C12H15FN2O2/c1-2-12(6-3-7-12)14-10-5-4-9(13)8-11(10)15(16)17/h4-5,8,14H,2-3,6-7H2,1H3. The van der Waals surface area contributed by atoms with Crippen LogP contribution >= 0.6 is 0 Å². The Bertz CT molecular complexity index is 439. The van der Waals surface area contributed by atoms with E-state index in [-0.39, 0.29) is 11.2 Å². The third kappa shape index (κ3) is 2.23. The maximum absolute atomic E-state index is 13.0. The van der Waals surface area contributed by atoms with Crippen LogP contribution in [-0.4, -0.2) is 10.5 Å². The van der Waals surface area contributed by atoms with E-state index >= 15 is 0 Å². The molecule has 0 bridgehead atoms. The number of halogens is 1. The van der Waals surface area contributed by atoms with E-state index in [1.54, 1.807) is 0 Å². The largest absolute Gasteiger partial charge is 0.374 e. The van der Waals surface area contributed by atoms with Crippen LogP contribution in [0.25, 0.3) is 0 Å². The summed E-state index contributed by atoms with van der Waals surface area (Å²) in [5, 5.41) is 14.1. The molecule has 0 radical (unpaired) electrons. The summed E-state index contributed by atoms with van der Waals surface area (Å²) in [7, 11) is 0. The van der Waals surface area contributed by atoms with Gasteiger partial charge < -0.3 is 5.32 Å². The Hall–Kier alpha value is -1.65. The fraction of sp³-hybridized carbons (Fsp3) is 0.500. The van der Waals surface area contributed by atoms with Crippen LogP contribution in [0.4, 0.5) is 15.8 Å². The normalized spacial score (nSPS) is 17.3. The second-order valence-corrected chi connectivity index (χ2v) is 4.53. The topological polar surface area (TPSA) is 55.2 Å². The number of rotatable bonds is 4. The van der Waals surface area contributed by atoms with Crippen molar-refractivity contribution in [2.24, 2.45) is 0 Å². The van der Waals surface area contributed by atoms with E-state index < -0.39 is 10.7 Å². The molecule has 1 aromatic carbocycles. The van der Waals surface area contributed by atoms with E-state index in [0.29, 0.717) is 5.69 Å². The zero-order valence-corrected chi connectivity index (χ0v) is 9.70. The van der Waals surface area contributed by atoms with Crippen molar-refractivity contribution in [1.82, 2.24) is 0 Å². The van der Waals surface area contributed by atoms with Gasteiger partial charge in [0.25, 0.3) is 5.69 Å². The Kier molecular flexibility index (Phi) is 3.00. The molecule has 17 heavy (non-hydrogen) atoms. The minimum atomic E-state index is -0.582. The fourth-order valence-electron chi connectivity index (χ4n) is 2.22. The first-order valence-corrected chi connectivity index (χ1v) is 5.78. The lowest BCUT2D eigenvalue weighted by molar-refractivity contribution is -0.384.